The Balaban J connectivity index is 2.26. The van der Waals surface area contributed by atoms with Gasteiger partial charge in [-0.25, -0.2) is 0 Å². The molecule has 0 bridgehead atoms. The van der Waals surface area contributed by atoms with Gasteiger partial charge in [-0.3, -0.25) is 0 Å². The number of rotatable bonds is 0. The van der Waals surface area contributed by atoms with Gasteiger partial charge in [0.1, 0.15) is 0 Å². The Morgan fingerprint density at radius 3 is 2.75 bits per heavy atom. The van der Waals surface area contributed by atoms with Gasteiger partial charge in [-0.1, -0.05) is 12.1 Å². The lowest BCUT2D eigenvalue weighted by Crippen LogP contribution is -2.01. The third-order valence-electron chi connectivity index (χ3n) is 3.36. The van der Waals surface area contributed by atoms with Crippen molar-refractivity contribution < 1.29 is 0 Å². The predicted molar refractivity (Wildman–Crippen MR) is 58.4 cm³/mol. The van der Waals surface area contributed by atoms with Crippen LogP contribution in [0.25, 0.3) is 0 Å². The molecule has 0 nitrogen and oxygen atoms in total. The van der Waals surface area contributed by atoms with Crippen molar-refractivity contribution >= 4 is 22.6 Å². The van der Waals surface area contributed by atoms with Crippen molar-refractivity contribution in [3.8, 4) is 0 Å². The topological polar surface area (TPSA) is 0 Å². The molecular weight excluding hydrogens is 259 g/mol. The summed E-state index contributed by atoms with van der Waals surface area (Å²) in [7, 11) is 0. The van der Waals surface area contributed by atoms with Crippen LogP contribution in [0, 0.1) is 3.57 Å². The summed E-state index contributed by atoms with van der Waals surface area (Å²) in [6, 6.07) is 6.76. The molecular formula is C11H11I. The van der Waals surface area contributed by atoms with Gasteiger partial charge in [-0.05, 0) is 70.9 Å². The fraction of sp³-hybridized carbons (Fsp3) is 0.455. The highest BCUT2D eigenvalue weighted by atomic mass is 127. The van der Waals surface area contributed by atoms with E-state index >= 15 is 0 Å². The Morgan fingerprint density at radius 2 is 2.00 bits per heavy atom. The van der Waals surface area contributed by atoms with Crippen LogP contribution in [0.5, 0.6) is 0 Å². The van der Waals surface area contributed by atoms with E-state index in [2.05, 4.69) is 40.8 Å². The molecule has 1 spiro atoms. The lowest BCUT2D eigenvalue weighted by molar-refractivity contribution is 0.678. The third-order valence-corrected chi connectivity index (χ3v) is 4.26. The van der Waals surface area contributed by atoms with Gasteiger partial charge in [0.15, 0.2) is 0 Å². The highest BCUT2D eigenvalue weighted by molar-refractivity contribution is 14.1. The van der Waals surface area contributed by atoms with Crippen LogP contribution >= 0.6 is 22.6 Å². The first-order valence-electron chi connectivity index (χ1n) is 4.60. The SMILES string of the molecule is Ic1cccc2c1C1(CC2)CC1. The molecule has 3 rings (SSSR count). The Kier molecular flexibility index (Phi) is 1.38. The van der Waals surface area contributed by atoms with Crippen molar-refractivity contribution in [3.05, 3.63) is 32.9 Å². The van der Waals surface area contributed by atoms with Gasteiger partial charge in [0.2, 0.25) is 0 Å². The smallest absolute Gasteiger partial charge is 0.0170 e. The van der Waals surface area contributed by atoms with E-state index in [0.29, 0.717) is 5.41 Å². The summed E-state index contributed by atoms with van der Waals surface area (Å²) in [5.41, 5.74) is 3.98. The normalized spacial score (nSPS) is 22.8. The van der Waals surface area contributed by atoms with E-state index in [1.807, 2.05) is 0 Å². The minimum Gasteiger partial charge on any atom is -0.0609 e. The molecule has 2 aliphatic carbocycles. The summed E-state index contributed by atoms with van der Waals surface area (Å²) in [5.74, 6) is 0. The van der Waals surface area contributed by atoms with Gasteiger partial charge in [0.25, 0.3) is 0 Å². The zero-order chi connectivity index (χ0) is 8.18. The fourth-order valence-corrected chi connectivity index (χ4v) is 3.65. The maximum Gasteiger partial charge on any atom is 0.0170 e. The molecule has 1 fully saturated rings. The van der Waals surface area contributed by atoms with Gasteiger partial charge in [0.05, 0.1) is 0 Å². The molecule has 0 N–H and O–H groups in total. The van der Waals surface area contributed by atoms with Crippen LogP contribution in [-0.2, 0) is 11.8 Å². The first-order valence-corrected chi connectivity index (χ1v) is 5.68. The molecule has 0 heterocycles. The van der Waals surface area contributed by atoms with E-state index in [-0.39, 0.29) is 0 Å². The second kappa shape index (κ2) is 2.25. The molecule has 1 saturated carbocycles. The minimum atomic E-state index is 0.660. The molecule has 1 heteroatoms. The lowest BCUT2D eigenvalue weighted by Gasteiger charge is -2.09. The molecule has 1 aromatic carbocycles. The molecule has 2 aliphatic rings. The van der Waals surface area contributed by atoms with Crippen molar-refractivity contribution in [2.75, 3.05) is 0 Å². The number of fused-ring (bicyclic) bond motifs is 2. The van der Waals surface area contributed by atoms with E-state index < -0.39 is 0 Å². The first-order chi connectivity index (χ1) is 5.82. The van der Waals surface area contributed by atoms with Crippen LogP contribution < -0.4 is 0 Å². The summed E-state index contributed by atoms with van der Waals surface area (Å²) in [5, 5.41) is 0. The van der Waals surface area contributed by atoms with Crippen molar-refractivity contribution in [1.82, 2.24) is 0 Å². The number of benzene rings is 1. The Morgan fingerprint density at radius 1 is 1.17 bits per heavy atom. The average Bonchev–Trinajstić information content (AvgIpc) is 2.71. The van der Waals surface area contributed by atoms with Gasteiger partial charge in [0, 0.05) is 3.57 Å². The van der Waals surface area contributed by atoms with E-state index in [0.717, 1.165) is 0 Å². The molecule has 0 unspecified atom stereocenters. The van der Waals surface area contributed by atoms with E-state index in [1.54, 1.807) is 11.1 Å². The molecule has 0 radical (unpaired) electrons. The van der Waals surface area contributed by atoms with Crippen LogP contribution in [0.4, 0.5) is 0 Å². The molecule has 1 aromatic rings. The number of halogens is 1. The number of hydrogen-bond donors (Lipinski definition) is 0. The maximum absolute atomic E-state index is 2.49. The van der Waals surface area contributed by atoms with Gasteiger partial charge < -0.3 is 0 Å². The molecule has 0 saturated heterocycles. The van der Waals surface area contributed by atoms with E-state index in [1.165, 1.54) is 29.3 Å². The highest BCUT2D eigenvalue weighted by Gasteiger charge is 2.49. The second-order valence-electron chi connectivity index (χ2n) is 4.05. The molecule has 0 aromatic heterocycles. The Labute approximate surface area is 86.5 Å². The molecule has 0 atom stereocenters. The van der Waals surface area contributed by atoms with Crippen molar-refractivity contribution in [2.45, 2.75) is 31.1 Å². The average molecular weight is 270 g/mol. The summed E-state index contributed by atoms with van der Waals surface area (Å²) >= 11 is 2.49. The maximum atomic E-state index is 2.49. The number of hydrogen-bond acceptors (Lipinski definition) is 0. The first kappa shape index (κ1) is 7.36. The molecule has 0 aliphatic heterocycles. The molecule has 62 valence electrons. The zero-order valence-corrected chi connectivity index (χ0v) is 9.10. The zero-order valence-electron chi connectivity index (χ0n) is 6.94. The van der Waals surface area contributed by atoms with Gasteiger partial charge >= 0.3 is 0 Å². The van der Waals surface area contributed by atoms with Crippen molar-refractivity contribution in [3.63, 3.8) is 0 Å². The summed E-state index contributed by atoms with van der Waals surface area (Å²) in [4.78, 5) is 0. The molecule has 0 amide bonds. The standard InChI is InChI=1S/C11H11I/c12-9-3-1-2-8-4-5-11(6-7-11)10(8)9/h1-3H,4-7H2. The monoisotopic (exact) mass is 270 g/mol. The fourth-order valence-electron chi connectivity index (χ4n) is 2.52. The number of aryl methyl sites for hydroxylation is 1. The van der Waals surface area contributed by atoms with E-state index in [9.17, 15) is 0 Å². The third kappa shape index (κ3) is 0.832. The molecule has 12 heavy (non-hydrogen) atoms. The lowest BCUT2D eigenvalue weighted by atomic mass is 9.99. The summed E-state index contributed by atoms with van der Waals surface area (Å²) < 4.78 is 1.50. The minimum absolute atomic E-state index is 0.660. The Bertz CT molecular complexity index is 337. The van der Waals surface area contributed by atoms with Crippen LogP contribution in [0.3, 0.4) is 0 Å². The highest BCUT2D eigenvalue weighted by Crippen LogP contribution is 2.57. The largest absolute Gasteiger partial charge is 0.0609 e. The van der Waals surface area contributed by atoms with Crippen molar-refractivity contribution in [2.24, 2.45) is 0 Å². The summed E-state index contributed by atoms with van der Waals surface area (Å²) in [6.45, 7) is 0. The van der Waals surface area contributed by atoms with E-state index in [4.69, 9.17) is 0 Å². The van der Waals surface area contributed by atoms with Crippen LogP contribution in [0.2, 0.25) is 0 Å². The quantitative estimate of drug-likeness (QED) is 0.635. The van der Waals surface area contributed by atoms with Gasteiger partial charge in [-0.15, -0.1) is 0 Å². The van der Waals surface area contributed by atoms with Crippen LogP contribution in [-0.4, -0.2) is 0 Å². The summed E-state index contributed by atoms with van der Waals surface area (Å²) in [6.07, 6.45) is 5.63. The van der Waals surface area contributed by atoms with Crippen LogP contribution in [0.1, 0.15) is 30.4 Å². The van der Waals surface area contributed by atoms with Gasteiger partial charge in [-0.2, -0.15) is 0 Å². The second-order valence-corrected chi connectivity index (χ2v) is 5.22. The van der Waals surface area contributed by atoms with Crippen LogP contribution in [0.15, 0.2) is 18.2 Å². The predicted octanol–water partition coefficient (Wildman–Crippen LogP) is 3.27. The Hall–Kier alpha value is -0.0500. The van der Waals surface area contributed by atoms with Crippen molar-refractivity contribution in [1.29, 1.82) is 0 Å².